The van der Waals surface area contributed by atoms with E-state index in [1.807, 2.05) is 6.07 Å². The van der Waals surface area contributed by atoms with Crippen LogP contribution < -0.4 is 14.8 Å². The number of pyridine rings is 1. The molecule has 0 unspecified atom stereocenters. The zero-order valence-electron chi connectivity index (χ0n) is 15.6. The first kappa shape index (κ1) is 18.1. The van der Waals surface area contributed by atoms with E-state index in [1.54, 1.807) is 49.6 Å². The standard InChI is InChI=1S/C22H22N2O4/c1-27-18-11-9-15(13-19(18)28-16-6-2-3-7-16)22(26)24-20-12-10-14-5-4-8-17(25)21(14)23-20/h4-5,8-13,16,25H,2-3,6-7H2,1H3,(H,23,24,26). The molecule has 1 aliphatic carbocycles. The lowest BCUT2D eigenvalue weighted by atomic mass is 10.1. The molecule has 6 heteroatoms. The number of fused-ring (bicyclic) bond motifs is 1. The summed E-state index contributed by atoms with van der Waals surface area (Å²) in [6.45, 7) is 0. The van der Waals surface area contributed by atoms with Gasteiger partial charge in [-0.1, -0.05) is 12.1 Å². The highest BCUT2D eigenvalue weighted by molar-refractivity contribution is 6.04. The van der Waals surface area contributed by atoms with Crippen LogP contribution in [0.4, 0.5) is 5.82 Å². The van der Waals surface area contributed by atoms with Crippen LogP contribution >= 0.6 is 0 Å². The fourth-order valence-corrected chi connectivity index (χ4v) is 3.49. The number of hydrogen-bond acceptors (Lipinski definition) is 5. The van der Waals surface area contributed by atoms with Gasteiger partial charge >= 0.3 is 0 Å². The second-order valence-electron chi connectivity index (χ2n) is 6.89. The monoisotopic (exact) mass is 378 g/mol. The maximum Gasteiger partial charge on any atom is 0.256 e. The fourth-order valence-electron chi connectivity index (χ4n) is 3.49. The number of methoxy groups -OCH3 is 1. The average molecular weight is 378 g/mol. The average Bonchev–Trinajstić information content (AvgIpc) is 3.21. The molecule has 144 valence electrons. The maximum absolute atomic E-state index is 12.7. The molecule has 3 aromatic rings. The van der Waals surface area contributed by atoms with E-state index in [0.717, 1.165) is 31.1 Å². The Labute approximate surface area is 163 Å². The minimum absolute atomic E-state index is 0.0743. The van der Waals surface area contributed by atoms with Gasteiger partial charge in [-0.15, -0.1) is 0 Å². The normalized spacial score (nSPS) is 14.2. The number of amides is 1. The molecule has 0 spiro atoms. The second-order valence-corrected chi connectivity index (χ2v) is 6.89. The lowest BCUT2D eigenvalue weighted by molar-refractivity contribution is 0.102. The van der Waals surface area contributed by atoms with Gasteiger partial charge in [-0.05, 0) is 62.1 Å². The SMILES string of the molecule is COc1ccc(C(=O)Nc2ccc3cccc(O)c3n2)cc1OC1CCCC1. The number of hydrogen-bond donors (Lipinski definition) is 2. The number of ether oxygens (including phenoxy) is 2. The molecule has 1 aromatic heterocycles. The number of aromatic hydroxyl groups is 1. The van der Waals surface area contributed by atoms with Crippen molar-refractivity contribution in [3.8, 4) is 17.2 Å². The molecule has 28 heavy (non-hydrogen) atoms. The Balaban J connectivity index is 1.56. The zero-order chi connectivity index (χ0) is 19.5. The molecule has 0 aliphatic heterocycles. The molecule has 0 radical (unpaired) electrons. The van der Waals surface area contributed by atoms with Gasteiger partial charge in [0.15, 0.2) is 11.5 Å². The highest BCUT2D eigenvalue weighted by atomic mass is 16.5. The summed E-state index contributed by atoms with van der Waals surface area (Å²) >= 11 is 0. The Bertz CT molecular complexity index is 1010. The number of carbonyl (C=O) groups excluding carboxylic acids is 1. The van der Waals surface area contributed by atoms with Crippen molar-refractivity contribution >= 4 is 22.6 Å². The van der Waals surface area contributed by atoms with E-state index < -0.39 is 0 Å². The molecule has 6 nitrogen and oxygen atoms in total. The third-order valence-corrected chi connectivity index (χ3v) is 4.96. The Kier molecular flexibility index (Phi) is 5.02. The lowest BCUT2D eigenvalue weighted by Crippen LogP contribution is -2.15. The number of phenols is 1. The summed E-state index contributed by atoms with van der Waals surface area (Å²) < 4.78 is 11.4. The summed E-state index contributed by atoms with van der Waals surface area (Å²) in [5.74, 6) is 1.32. The predicted octanol–water partition coefficient (Wildman–Crippen LogP) is 4.52. The number of nitrogens with one attached hydrogen (secondary N) is 1. The summed E-state index contributed by atoms with van der Waals surface area (Å²) in [6, 6.07) is 13.8. The first-order valence-electron chi connectivity index (χ1n) is 9.39. The van der Waals surface area contributed by atoms with Crippen LogP contribution in [0, 0.1) is 0 Å². The third-order valence-electron chi connectivity index (χ3n) is 4.96. The van der Waals surface area contributed by atoms with Crippen LogP contribution in [0.15, 0.2) is 48.5 Å². The van der Waals surface area contributed by atoms with Crippen molar-refractivity contribution < 1.29 is 19.4 Å². The first-order valence-corrected chi connectivity index (χ1v) is 9.39. The number of nitrogens with zero attached hydrogens (tertiary/aromatic N) is 1. The highest BCUT2D eigenvalue weighted by Crippen LogP contribution is 2.32. The van der Waals surface area contributed by atoms with Crippen LogP contribution in [0.25, 0.3) is 10.9 Å². The molecule has 4 rings (SSSR count). The number of anilines is 1. The molecule has 0 saturated heterocycles. The largest absolute Gasteiger partial charge is 0.506 e. The second kappa shape index (κ2) is 7.76. The maximum atomic E-state index is 12.7. The van der Waals surface area contributed by atoms with Crippen LogP contribution in [-0.4, -0.2) is 29.2 Å². The van der Waals surface area contributed by atoms with E-state index in [9.17, 15) is 9.90 Å². The van der Waals surface area contributed by atoms with Crippen LogP contribution in [-0.2, 0) is 0 Å². The number of carbonyl (C=O) groups is 1. The van der Waals surface area contributed by atoms with Gasteiger partial charge in [0.1, 0.15) is 17.1 Å². The summed E-state index contributed by atoms with van der Waals surface area (Å²) in [4.78, 5) is 17.1. The van der Waals surface area contributed by atoms with Crippen molar-refractivity contribution in [2.24, 2.45) is 0 Å². The fraction of sp³-hybridized carbons (Fsp3) is 0.273. The van der Waals surface area contributed by atoms with Crippen molar-refractivity contribution in [2.45, 2.75) is 31.8 Å². The molecular weight excluding hydrogens is 356 g/mol. The smallest absolute Gasteiger partial charge is 0.256 e. The van der Waals surface area contributed by atoms with Crippen molar-refractivity contribution in [3.05, 3.63) is 54.1 Å². The lowest BCUT2D eigenvalue weighted by Gasteiger charge is -2.16. The first-order chi connectivity index (χ1) is 13.6. The van der Waals surface area contributed by atoms with E-state index in [2.05, 4.69) is 10.3 Å². The number of benzene rings is 2. The Morgan fingerprint density at radius 1 is 1.11 bits per heavy atom. The molecule has 1 heterocycles. The Morgan fingerprint density at radius 2 is 1.93 bits per heavy atom. The van der Waals surface area contributed by atoms with Gasteiger partial charge in [-0.3, -0.25) is 4.79 Å². The molecule has 1 aliphatic rings. The van der Waals surface area contributed by atoms with Crippen molar-refractivity contribution in [2.75, 3.05) is 12.4 Å². The van der Waals surface area contributed by atoms with Crippen molar-refractivity contribution in [3.63, 3.8) is 0 Å². The van der Waals surface area contributed by atoms with Gasteiger partial charge in [-0.25, -0.2) is 4.98 Å². The summed E-state index contributed by atoms with van der Waals surface area (Å²) in [6.07, 6.45) is 4.52. The van der Waals surface area contributed by atoms with Gasteiger partial charge in [0.05, 0.1) is 13.2 Å². The molecule has 0 bridgehead atoms. The summed E-state index contributed by atoms with van der Waals surface area (Å²) in [5.41, 5.74) is 0.897. The molecule has 2 aromatic carbocycles. The van der Waals surface area contributed by atoms with E-state index in [0.29, 0.717) is 28.4 Å². The quantitative estimate of drug-likeness (QED) is 0.682. The molecule has 0 atom stereocenters. The van der Waals surface area contributed by atoms with Gasteiger partial charge in [-0.2, -0.15) is 0 Å². The topological polar surface area (TPSA) is 80.7 Å². The Hall–Kier alpha value is -3.28. The molecule has 1 amide bonds. The Morgan fingerprint density at radius 3 is 2.71 bits per heavy atom. The minimum Gasteiger partial charge on any atom is -0.506 e. The third kappa shape index (κ3) is 3.71. The van der Waals surface area contributed by atoms with Crippen molar-refractivity contribution in [1.82, 2.24) is 4.98 Å². The summed E-state index contributed by atoms with van der Waals surface area (Å²) in [5, 5.41) is 13.5. The van der Waals surface area contributed by atoms with E-state index in [1.165, 1.54) is 0 Å². The number of para-hydroxylation sites is 1. The van der Waals surface area contributed by atoms with Crippen LogP contribution in [0.5, 0.6) is 17.2 Å². The minimum atomic E-state index is -0.304. The molecule has 1 saturated carbocycles. The molecule has 1 fully saturated rings. The van der Waals surface area contributed by atoms with E-state index in [4.69, 9.17) is 9.47 Å². The van der Waals surface area contributed by atoms with Crippen molar-refractivity contribution in [1.29, 1.82) is 0 Å². The highest BCUT2D eigenvalue weighted by Gasteiger charge is 2.20. The van der Waals surface area contributed by atoms with Crippen LogP contribution in [0.1, 0.15) is 36.0 Å². The van der Waals surface area contributed by atoms with E-state index in [-0.39, 0.29) is 17.8 Å². The number of phenolic OH excluding ortho intramolecular Hbond substituents is 1. The molecule has 2 N–H and O–H groups in total. The zero-order valence-corrected chi connectivity index (χ0v) is 15.6. The van der Waals surface area contributed by atoms with Gasteiger partial charge in [0.2, 0.25) is 0 Å². The van der Waals surface area contributed by atoms with E-state index >= 15 is 0 Å². The predicted molar refractivity (Wildman–Crippen MR) is 107 cm³/mol. The van der Waals surface area contributed by atoms with Crippen LogP contribution in [0.2, 0.25) is 0 Å². The van der Waals surface area contributed by atoms with Gasteiger partial charge < -0.3 is 19.9 Å². The molecular formula is C22H22N2O4. The van der Waals surface area contributed by atoms with Gasteiger partial charge in [0, 0.05) is 10.9 Å². The number of aromatic nitrogens is 1. The number of rotatable bonds is 5. The van der Waals surface area contributed by atoms with Gasteiger partial charge in [0.25, 0.3) is 5.91 Å². The van der Waals surface area contributed by atoms with Crippen LogP contribution in [0.3, 0.4) is 0 Å². The summed E-state index contributed by atoms with van der Waals surface area (Å²) in [7, 11) is 1.59.